The lowest BCUT2D eigenvalue weighted by Gasteiger charge is -2.46. The molecule has 12 rings (SSSR count). The zero-order valence-electron chi connectivity index (χ0n) is 35.2. The summed E-state index contributed by atoms with van der Waals surface area (Å²) < 4.78 is 0. The van der Waals surface area contributed by atoms with Gasteiger partial charge in [0.15, 0.2) is 5.84 Å². The molecule has 0 saturated heterocycles. The van der Waals surface area contributed by atoms with Gasteiger partial charge in [-0.3, -0.25) is 5.41 Å². The van der Waals surface area contributed by atoms with Crippen LogP contribution in [0.2, 0.25) is 0 Å². The standard InChI is InChI=1S/C61H43N3/c62-60(63-57(42-19-6-2-7-20-42)34-31-41-17-4-1-5-18-41)49-26-16-25-43(35-49)48-32-33-54-52(36-48)51-29-14-15-30-53(51)61(54)55-37-44-21-10-12-23-46(44)39-58(55)64(50-27-8-3-9-28-50)59-40-47-24-13-11-22-45(47)38-56(59)61/h1-10,12-21,23-40,62H,11,22H2/b34-31+,62-60?,63-57+. The highest BCUT2D eigenvalue weighted by Crippen LogP contribution is 2.64. The lowest BCUT2D eigenvalue weighted by atomic mass is 9.63. The first-order chi connectivity index (χ1) is 31.6. The molecule has 2 aliphatic carbocycles. The number of allylic oxidation sites excluding steroid dienone is 2. The normalized spacial score (nSPS) is 15.8. The molecule has 1 aliphatic heterocycles. The Balaban J connectivity index is 1.03. The zero-order valence-corrected chi connectivity index (χ0v) is 35.2. The molecule has 9 aromatic rings. The molecule has 0 amide bonds. The summed E-state index contributed by atoms with van der Waals surface area (Å²) in [7, 11) is 0. The first-order valence-corrected chi connectivity index (χ1v) is 22.2. The Labute approximate surface area is 374 Å². The third-order valence-corrected chi connectivity index (χ3v) is 13.4. The van der Waals surface area contributed by atoms with E-state index >= 15 is 0 Å². The summed E-state index contributed by atoms with van der Waals surface area (Å²) >= 11 is 0. The van der Waals surface area contributed by atoms with Gasteiger partial charge < -0.3 is 4.90 Å². The molecule has 9 aromatic carbocycles. The van der Waals surface area contributed by atoms with Gasteiger partial charge in [0, 0.05) is 16.8 Å². The maximum atomic E-state index is 9.31. The van der Waals surface area contributed by atoms with E-state index in [1.165, 1.54) is 66.7 Å². The average Bonchev–Trinajstić information content (AvgIpc) is 3.65. The molecule has 0 radical (unpaired) electrons. The van der Waals surface area contributed by atoms with Crippen LogP contribution in [0.4, 0.5) is 17.1 Å². The van der Waals surface area contributed by atoms with Gasteiger partial charge in [-0.25, -0.2) is 4.99 Å². The molecule has 1 N–H and O–H groups in total. The number of nitrogens with zero attached hydrogens (tertiary/aromatic N) is 2. The van der Waals surface area contributed by atoms with Gasteiger partial charge in [0.1, 0.15) is 0 Å². The van der Waals surface area contributed by atoms with Crippen LogP contribution in [0.1, 0.15) is 56.5 Å². The van der Waals surface area contributed by atoms with Crippen LogP contribution in [0.3, 0.4) is 0 Å². The van der Waals surface area contributed by atoms with Crippen molar-refractivity contribution >= 4 is 51.5 Å². The number of aryl methyl sites for hydroxylation is 1. The Bertz CT molecular complexity index is 3400. The Kier molecular flexibility index (Phi) is 9.01. The second-order valence-corrected chi connectivity index (χ2v) is 17.0. The van der Waals surface area contributed by atoms with Crippen molar-refractivity contribution in [1.82, 2.24) is 0 Å². The number of para-hydroxylation sites is 1. The molecule has 302 valence electrons. The molecule has 3 heteroatoms. The summed E-state index contributed by atoms with van der Waals surface area (Å²) in [5, 5.41) is 11.8. The van der Waals surface area contributed by atoms with Crippen molar-refractivity contribution in [1.29, 1.82) is 5.41 Å². The van der Waals surface area contributed by atoms with Crippen molar-refractivity contribution < 1.29 is 0 Å². The summed E-state index contributed by atoms with van der Waals surface area (Å²) in [5.74, 6) is 0.215. The summed E-state index contributed by atoms with van der Waals surface area (Å²) in [6.07, 6.45) is 10.8. The van der Waals surface area contributed by atoms with Crippen LogP contribution in [0.15, 0.2) is 223 Å². The van der Waals surface area contributed by atoms with Crippen LogP contribution in [-0.4, -0.2) is 11.5 Å². The predicted molar refractivity (Wildman–Crippen MR) is 268 cm³/mol. The minimum atomic E-state index is -0.569. The summed E-state index contributed by atoms with van der Waals surface area (Å²) in [6, 6.07) is 74.3. The highest BCUT2D eigenvalue weighted by Gasteiger charge is 2.52. The van der Waals surface area contributed by atoms with E-state index in [0.29, 0.717) is 0 Å². The van der Waals surface area contributed by atoms with E-state index in [4.69, 9.17) is 4.99 Å². The molecule has 0 bridgehead atoms. The van der Waals surface area contributed by atoms with Gasteiger partial charge in [-0.05, 0) is 133 Å². The van der Waals surface area contributed by atoms with Crippen molar-refractivity contribution in [2.45, 2.75) is 18.3 Å². The third kappa shape index (κ3) is 6.12. The van der Waals surface area contributed by atoms with E-state index in [1.807, 2.05) is 66.7 Å². The van der Waals surface area contributed by atoms with E-state index in [1.54, 1.807) is 0 Å². The molecule has 0 fully saturated rings. The van der Waals surface area contributed by atoms with Gasteiger partial charge in [0.05, 0.1) is 22.5 Å². The molecule has 1 atom stereocenters. The summed E-state index contributed by atoms with van der Waals surface area (Å²) in [6.45, 7) is 0. The number of anilines is 3. The lowest BCUT2D eigenvalue weighted by molar-refractivity contribution is 0.750. The number of amidine groups is 1. The first-order valence-electron chi connectivity index (χ1n) is 22.2. The SMILES string of the molecule is N=C(/N=C(\C=C\c1ccccc1)c1ccccc1)c1cccc(-c2ccc3c(c2)-c2ccccc2C32c3cc4c(cc3N(c3ccccc3)c3cc5ccccc5cc32)C=CCC4)c1. The number of hydrogen-bond acceptors (Lipinski definition) is 2. The Hall–Kier alpha value is -8.14. The highest BCUT2D eigenvalue weighted by atomic mass is 15.2. The van der Waals surface area contributed by atoms with Crippen molar-refractivity contribution in [2.75, 3.05) is 4.90 Å². The van der Waals surface area contributed by atoms with Gasteiger partial charge in [0.25, 0.3) is 0 Å². The maximum Gasteiger partial charge on any atom is 0.152 e. The molecule has 64 heavy (non-hydrogen) atoms. The van der Waals surface area contributed by atoms with Crippen LogP contribution in [0.25, 0.3) is 45.2 Å². The fraction of sp³-hybridized carbons (Fsp3) is 0.0492. The fourth-order valence-corrected chi connectivity index (χ4v) is 10.4. The number of nitrogens with one attached hydrogen (secondary N) is 1. The van der Waals surface area contributed by atoms with Crippen molar-refractivity contribution in [3.05, 3.63) is 268 Å². The molecule has 0 saturated carbocycles. The van der Waals surface area contributed by atoms with E-state index in [9.17, 15) is 5.41 Å². The molecule has 0 aromatic heterocycles. The van der Waals surface area contributed by atoms with Crippen molar-refractivity contribution in [3.8, 4) is 22.3 Å². The second kappa shape index (κ2) is 15.3. The fourth-order valence-electron chi connectivity index (χ4n) is 10.4. The Morgan fingerprint density at radius 2 is 1.19 bits per heavy atom. The van der Waals surface area contributed by atoms with E-state index in [-0.39, 0.29) is 5.84 Å². The average molecular weight is 818 g/mol. The number of aliphatic imine (C=N–C) groups is 1. The summed E-state index contributed by atoms with van der Waals surface area (Å²) in [4.78, 5) is 7.44. The van der Waals surface area contributed by atoms with Crippen LogP contribution in [0, 0.1) is 5.41 Å². The topological polar surface area (TPSA) is 39.5 Å². The van der Waals surface area contributed by atoms with E-state index in [0.717, 1.165) is 52.1 Å². The van der Waals surface area contributed by atoms with Crippen molar-refractivity contribution in [2.24, 2.45) is 4.99 Å². The molecule has 3 aliphatic rings. The second-order valence-electron chi connectivity index (χ2n) is 17.0. The molecule has 3 nitrogen and oxygen atoms in total. The molecule has 1 heterocycles. The van der Waals surface area contributed by atoms with Gasteiger partial charge >= 0.3 is 0 Å². The number of benzene rings is 9. The third-order valence-electron chi connectivity index (χ3n) is 13.4. The largest absolute Gasteiger partial charge is 0.310 e. The van der Waals surface area contributed by atoms with Crippen LogP contribution in [0.5, 0.6) is 0 Å². The molecule has 1 spiro atoms. The van der Waals surface area contributed by atoms with Crippen LogP contribution >= 0.6 is 0 Å². The van der Waals surface area contributed by atoms with Gasteiger partial charge in [-0.2, -0.15) is 0 Å². The minimum absolute atomic E-state index is 0.215. The van der Waals surface area contributed by atoms with Gasteiger partial charge in [0.2, 0.25) is 0 Å². The van der Waals surface area contributed by atoms with Gasteiger partial charge in [-0.15, -0.1) is 0 Å². The van der Waals surface area contributed by atoms with Crippen LogP contribution in [-0.2, 0) is 11.8 Å². The quantitative estimate of drug-likeness (QED) is 0.132. The van der Waals surface area contributed by atoms with E-state index in [2.05, 4.69) is 169 Å². The molecular weight excluding hydrogens is 775 g/mol. The predicted octanol–water partition coefficient (Wildman–Crippen LogP) is 15.1. The highest BCUT2D eigenvalue weighted by molar-refractivity contribution is 6.17. The maximum absolute atomic E-state index is 9.31. The molecular formula is C61H43N3. The van der Waals surface area contributed by atoms with E-state index < -0.39 is 5.41 Å². The number of fused-ring (bicyclic) bond motifs is 11. The number of rotatable bonds is 6. The van der Waals surface area contributed by atoms with Crippen LogP contribution < -0.4 is 4.90 Å². The zero-order chi connectivity index (χ0) is 42.6. The minimum Gasteiger partial charge on any atom is -0.310 e. The monoisotopic (exact) mass is 817 g/mol. The molecule has 1 unspecified atom stereocenters. The number of hydrogen-bond donors (Lipinski definition) is 1. The smallest absolute Gasteiger partial charge is 0.152 e. The van der Waals surface area contributed by atoms with Gasteiger partial charge in [-0.1, -0.05) is 182 Å². The Morgan fingerprint density at radius 3 is 2.02 bits per heavy atom. The van der Waals surface area contributed by atoms with Crippen molar-refractivity contribution in [3.63, 3.8) is 0 Å². The summed E-state index contributed by atoms with van der Waals surface area (Å²) in [5.41, 5.74) is 19.1. The first kappa shape index (κ1) is 37.6. The Morgan fingerprint density at radius 1 is 0.531 bits per heavy atom. The lowest BCUT2D eigenvalue weighted by Crippen LogP contribution is -2.36.